The highest BCUT2D eigenvalue weighted by Gasteiger charge is 2.21. The summed E-state index contributed by atoms with van der Waals surface area (Å²) in [4.78, 5) is 25.2. The summed E-state index contributed by atoms with van der Waals surface area (Å²) in [7, 11) is 0. The predicted molar refractivity (Wildman–Crippen MR) is 98.3 cm³/mol. The molecule has 25 heavy (non-hydrogen) atoms. The molecule has 0 saturated heterocycles. The number of ether oxygens (including phenoxy) is 1. The number of amides is 2. The lowest BCUT2D eigenvalue weighted by molar-refractivity contribution is -0.136. The van der Waals surface area contributed by atoms with Gasteiger partial charge in [0.15, 0.2) is 0 Å². The quantitative estimate of drug-likeness (QED) is 0.351. The van der Waals surface area contributed by atoms with E-state index in [0.717, 1.165) is 30.6 Å². The molecule has 0 unspecified atom stereocenters. The number of rotatable bonds is 12. The molecule has 0 aliphatic carbocycles. The number of nitrogens with zero attached hydrogens (tertiary/aromatic N) is 1. The Labute approximate surface area is 153 Å². The highest BCUT2D eigenvalue weighted by Crippen LogP contribution is 2.18. The second kappa shape index (κ2) is 11.1. The normalized spacial score (nSPS) is 15.2. The highest BCUT2D eigenvalue weighted by atomic mass is 32.2. The largest absolute Gasteiger partial charge is 0.390 e. The van der Waals surface area contributed by atoms with Gasteiger partial charge in [0, 0.05) is 36.0 Å². The van der Waals surface area contributed by atoms with Crippen LogP contribution in [0.5, 0.6) is 0 Å². The van der Waals surface area contributed by atoms with E-state index in [9.17, 15) is 14.7 Å². The summed E-state index contributed by atoms with van der Waals surface area (Å²) in [6, 6.07) is 9.99. The Morgan fingerprint density at radius 2 is 1.68 bits per heavy atom. The first-order valence-corrected chi connectivity index (χ1v) is 9.62. The third-order valence-corrected chi connectivity index (χ3v) is 4.97. The fraction of sp³-hybridized carbons (Fsp3) is 0.474. The van der Waals surface area contributed by atoms with E-state index >= 15 is 0 Å². The molecule has 6 heteroatoms. The average Bonchev–Trinajstić information content (AvgIpc) is 2.94. The Morgan fingerprint density at radius 3 is 2.40 bits per heavy atom. The molecule has 1 heterocycles. The van der Waals surface area contributed by atoms with Crippen molar-refractivity contribution in [2.75, 3.05) is 25.5 Å². The second-order valence-corrected chi connectivity index (χ2v) is 7.02. The minimum atomic E-state index is -0.468. The van der Waals surface area contributed by atoms with Crippen LogP contribution in [0.25, 0.3) is 0 Å². The van der Waals surface area contributed by atoms with Gasteiger partial charge in [0.1, 0.15) is 0 Å². The molecule has 1 aromatic carbocycles. The molecule has 1 aromatic rings. The minimum absolute atomic E-state index is 0.212. The first-order chi connectivity index (χ1) is 12.2. The number of thioether (sulfide) groups is 1. The fourth-order valence-electron chi connectivity index (χ4n) is 2.46. The Kier molecular flexibility index (Phi) is 8.72. The number of benzene rings is 1. The van der Waals surface area contributed by atoms with Gasteiger partial charge in [0.25, 0.3) is 11.8 Å². The number of carbonyl (C=O) groups excluding carboxylic acids is 2. The topological polar surface area (TPSA) is 66.8 Å². The van der Waals surface area contributed by atoms with Crippen LogP contribution >= 0.6 is 11.8 Å². The van der Waals surface area contributed by atoms with E-state index in [0.29, 0.717) is 25.5 Å². The molecule has 0 spiro atoms. The van der Waals surface area contributed by atoms with Crippen molar-refractivity contribution in [3.05, 3.63) is 42.5 Å². The average molecular weight is 363 g/mol. The Hall–Kier alpha value is -1.63. The monoisotopic (exact) mass is 363 g/mol. The lowest BCUT2D eigenvalue weighted by Crippen LogP contribution is -2.30. The molecule has 5 nitrogen and oxygen atoms in total. The van der Waals surface area contributed by atoms with Crippen LogP contribution in [-0.4, -0.2) is 53.4 Å². The van der Waals surface area contributed by atoms with Gasteiger partial charge in [0.2, 0.25) is 0 Å². The lowest BCUT2D eigenvalue weighted by atomic mass is 10.2. The third kappa shape index (κ3) is 7.42. The second-order valence-electron chi connectivity index (χ2n) is 5.93. The molecule has 1 aliphatic rings. The molecule has 0 bridgehead atoms. The molecule has 0 radical (unpaired) electrons. The summed E-state index contributed by atoms with van der Waals surface area (Å²) in [5.74, 6) is 0.196. The molecule has 136 valence electrons. The summed E-state index contributed by atoms with van der Waals surface area (Å²) >= 11 is 1.62. The van der Waals surface area contributed by atoms with Gasteiger partial charge in [-0.15, -0.1) is 11.8 Å². The van der Waals surface area contributed by atoms with Crippen LogP contribution in [0, 0.1) is 0 Å². The van der Waals surface area contributed by atoms with Crippen LogP contribution in [0.15, 0.2) is 47.4 Å². The van der Waals surface area contributed by atoms with Gasteiger partial charge < -0.3 is 9.84 Å². The highest BCUT2D eigenvalue weighted by molar-refractivity contribution is 7.99. The number of hydrogen-bond acceptors (Lipinski definition) is 5. The summed E-state index contributed by atoms with van der Waals surface area (Å²) in [6.45, 7) is 1.46. The van der Waals surface area contributed by atoms with Gasteiger partial charge in [-0.25, -0.2) is 0 Å². The number of carbonyl (C=O) groups is 2. The summed E-state index contributed by atoms with van der Waals surface area (Å²) < 4.78 is 5.51. The van der Waals surface area contributed by atoms with Crippen molar-refractivity contribution in [2.45, 2.75) is 36.7 Å². The van der Waals surface area contributed by atoms with Crippen molar-refractivity contribution in [3.8, 4) is 0 Å². The smallest absolute Gasteiger partial charge is 0.253 e. The van der Waals surface area contributed by atoms with Crippen molar-refractivity contribution < 1.29 is 19.4 Å². The van der Waals surface area contributed by atoms with Crippen molar-refractivity contribution in [2.24, 2.45) is 0 Å². The van der Waals surface area contributed by atoms with Gasteiger partial charge in [0.05, 0.1) is 12.7 Å². The number of hydrogen-bond donors (Lipinski definition) is 1. The van der Waals surface area contributed by atoms with E-state index in [4.69, 9.17) is 4.74 Å². The predicted octanol–water partition coefficient (Wildman–Crippen LogP) is 2.64. The van der Waals surface area contributed by atoms with Gasteiger partial charge in [-0.1, -0.05) is 31.0 Å². The van der Waals surface area contributed by atoms with Crippen molar-refractivity contribution >= 4 is 23.6 Å². The van der Waals surface area contributed by atoms with E-state index in [1.165, 1.54) is 17.1 Å². The molecule has 2 amide bonds. The zero-order valence-corrected chi connectivity index (χ0v) is 15.1. The van der Waals surface area contributed by atoms with E-state index in [-0.39, 0.29) is 11.8 Å². The molecule has 0 aromatic heterocycles. The standard InChI is InChI=1S/C19H25NO4S/c21-16(15-25-17-8-4-3-5-9-17)14-24-13-7-2-1-6-12-20-18(22)10-11-19(20)23/h3-5,8-11,16,21H,1-2,6-7,12-15H2/t16-/m0/s1. The van der Waals surface area contributed by atoms with Gasteiger partial charge >= 0.3 is 0 Å². The van der Waals surface area contributed by atoms with E-state index < -0.39 is 6.10 Å². The number of unbranched alkanes of at least 4 members (excludes halogenated alkanes) is 3. The van der Waals surface area contributed by atoms with Gasteiger partial charge in [-0.3, -0.25) is 14.5 Å². The minimum Gasteiger partial charge on any atom is -0.390 e. The van der Waals surface area contributed by atoms with E-state index in [1.54, 1.807) is 11.8 Å². The summed E-state index contributed by atoms with van der Waals surface area (Å²) in [5.41, 5.74) is 0. The summed E-state index contributed by atoms with van der Waals surface area (Å²) in [6.07, 6.45) is 5.83. The van der Waals surface area contributed by atoms with Crippen molar-refractivity contribution in [1.82, 2.24) is 4.90 Å². The van der Waals surface area contributed by atoms with Crippen molar-refractivity contribution in [1.29, 1.82) is 0 Å². The number of imide groups is 1. The Bertz CT molecular complexity index is 558. The first kappa shape index (κ1) is 19.7. The lowest BCUT2D eigenvalue weighted by Gasteiger charge is -2.13. The fourth-order valence-corrected chi connectivity index (χ4v) is 3.29. The maximum absolute atomic E-state index is 11.4. The van der Waals surface area contributed by atoms with Crippen LogP contribution in [0.1, 0.15) is 25.7 Å². The van der Waals surface area contributed by atoms with Gasteiger partial charge in [-0.05, 0) is 25.0 Å². The van der Waals surface area contributed by atoms with Crippen LogP contribution in [0.2, 0.25) is 0 Å². The van der Waals surface area contributed by atoms with Gasteiger partial charge in [-0.2, -0.15) is 0 Å². The van der Waals surface area contributed by atoms with E-state index in [2.05, 4.69) is 0 Å². The zero-order chi connectivity index (χ0) is 17.9. The third-order valence-electron chi connectivity index (χ3n) is 3.82. The SMILES string of the molecule is O=C1C=CC(=O)N1CCCCCCOC[C@H](O)CSc1ccccc1. The number of aliphatic hydroxyl groups excluding tert-OH is 1. The summed E-state index contributed by atoms with van der Waals surface area (Å²) in [5, 5.41) is 9.90. The molecular formula is C19H25NO4S. The Morgan fingerprint density at radius 1 is 1.00 bits per heavy atom. The van der Waals surface area contributed by atoms with Crippen molar-refractivity contribution in [3.63, 3.8) is 0 Å². The van der Waals surface area contributed by atoms with Crippen LogP contribution in [0.4, 0.5) is 0 Å². The van der Waals surface area contributed by atoms with E-state index in [1.807, 2.05) is 30.3 Å². The molecule has 0 saturated carbocycles. The maximum atomic E-state index is 11.4. The molecular weight excluding hydrogens is 338 g/mol. The maximum Gasteiger partial charge on any atom is 0.253 e. The number of aliphatic hydroxyl groups is 1. The van der Waals surface area contributed by atoms with Crippen LogP contribution < -0.4 is 0 Å². The molecule has 0 fully saturated rings. The molecule has 2 rings (SSSR count). The Balaban J connectivity index is 1.41. The van der Waals surface area contributed by atoms with Crippen LogP contribution in [0.3, 0.4) is 0 Å². The molecule has 1 aliphatic heterocycles. The zero-order valence-electron chi connectivity index (χ0n) is 14.3. The first-order valence-electron chi connectivity index (χ1n) is 8.64. The van der Waals surface area contributed by atoms with Crippen LogP contribution in [-0.2, 0) is 14.3 Å². The molecule has 1 N–H and O–H groups in total. The molecule has 1 atom stereocenters.